The number of aliphatic hydroxyl groups is 1. The van der Waals surface area contributed by atoms with Crippen LogP contribution in [0.15, 0.2) is 0 Å². The fourth-order valence-corrected chi connectivity index (χ4v) is 1.87. The molecular formula is C14H32N2O. The van der Waals surface area contributed by atoms with Crippen molar-refractivity contribution in [3.8, 4) is 0 Å². The number of nitrogens with zero attached hydrogens (tertiary/aromatic N) is 1. The van der Waals surface area contributed by atoms with Crippen molar-refractivity contribution in [3.63, 3.8) is 0 Å². The predicted octanol–water partition coefficient (Wildman–Crippen LogP) is 2.25. The van der Waals surface area contributed by atoms with Crippen LogP contribution in [0.25, 0.3) is 0 Å². The number of aliphatic hydroxyl groups excluding tert-OH is 1. The minimum atomic E-state index is -0.141. The maximum atomic E-state index is 9.37. The molecule has 3 nitrogen and oxygen atoms in total. The Kier molecular flexibility index (Phi) is 8.83. The van der Waals surface area contributed by atoms with Gasteiger partial charge in [-0.15, -0.1) is 0 Å². The van der Waals surface area contributed by atoms with E-state index >= 15 is 0 Å². The number of likely N-dealkylation sites (N-methyl/N-ethyl adjacent to an activating group) is 1. The van der Waals surface area contributed by atoms with Gasteiger partial charge in [-0.3, -0.25) is 0 Å². The van der Waals surface area contributed by atoms with Crippen LogP contribution in [0.3, 0.4) is 0 Å². The smallest absolute Gasteiger partial charge is 0.0610 e. The predicted molar refractivity (Wildman–Crippen MR) is 75.4 cm³/mol. The molecule has 0 fully saturated rings. The van der Waals surface area contributed by atoms with Crippen LogP contribution < -0.4 is 5.32 Å². The monoisotopic (exact) mass is 244 g/mol. The Balaban J connectivity index is 4.07. The van der Waals surface area contributed by atoms with Crippen LogP contribution >= 0.6 is 0 Å². The molecule has 1 atom stereocenters. The molecule has 17 heavy (non-hydrogen) atoms. The van der Waals surface area contributed by atoms with Gasteiger partial charge in [-0.25, -0.2) is 0 Å². The first kappa shape index (κ1) is 16.9. The lowest BCUT2D eigenvalue weighted by Gasteiger charge is -2.32. The van der Waals surface area contributed by atoms with Gasteiger partial charge >= 0.3 is 0 Å². The number of hydrogen-bond donors (Lipinski definition) is 2. The average Bonchev–Trinajstić information content (AvgIpc) is 2.32. The van der Waals surface area contributed by atoms with Gasteiger partial charge in [-0.05, 0) is 47.2 Å². The van der Waals surface area contributed by atoms with E-state index < -0.39 is 0 Å². The van der Waals surface area contributed by atoms with Crippen LogP contribution in [-0.2, 0) is 0 Å². The zero-order valence-corrected chi connectivity index (χ0v) is 12.4. The summed E-state index contributed by atoms with van der Waals surface area (Å²) >= 11 is 0. The van der Waals surface area contributed by atoms with Gasteiger partial charge in [-0.2, -0.15) is 0 Å². The van der Waals surface area contributed by atoms with Crippen LogP contribution in [0.1, 0.15) is 53.4 Å². The highest BCUT2D eigenvalue weighted by Gasteiger charge is 2.22. The molecule has 3 heteroatoms. The fraction of sp³-hybridized carbons (Fsp3) is 1.00. The third kappa shape index (κ3) is 7.02. The third-order valence-electron chi connectivity index (χ3n) is 3.68. The fourth-order valence-electron chi connectivity index (χ4n) is 1.87. The first-order chi connectivity index (χ1) is 7.99. The zero-order valence-electron chi connectivity index (χ0n) is 12.4. The van der Waals surface area contributed by atoms with Crippen molar-refractivity contribution in [2.24, 2.45) is 0 Å². The van der Waals surface area contributed by atoms with Crippen molar-refractivity contribution in [1.82, 2.24) is 10.2 Å². The molecule has 0 aromatic rings. The van der Waals surface area contributed by atoms with E-state index in [0.717, 1.165) is 13.0 Å². The highest BCUT2D eigenvalue weighted by molar-refractivity contribution is 4.82. The average molecular weight is 244 g/mol. The largest absolute Gasteiger partial charge is 0.394 e. The van der Waals surface area contributed by atoms with Gasteiger partial charge in [0.2, 0.25) is 0 Å². The Morgan fingerprint density at radius 3 is 2.29 bits per heavy atom. The van der Waals surface area contributed by atoms with E-state index in [-0.39, 0.29) is 12.1 Å². The summed E-state index contributed by atoms with van der Waals surface area (Å²) in [6, 6.07) is 0.589. The summed E-state index contributed by atoms with van der Waals surface area (Å²) in [4.78, 5) is 2.51. The second-order valence-electron chi connectivity index (χ2n) is 5.56. The van der Waals surface area contributed by atoms with Crippen molar-refractivity contribution in [2.45, 2.75) is 65.0 Å². The molecule has 0 saturated carbocycles. The highest BCUT2D eigenvalue weighted by atomic mass is 16.3. The van der Waals surface area contributed by atoms with Crippen LogP contribution in [0, 0.1) is 0 Å². The summed E-state index contributed by atoms with van der Waals surface area (Å²) in [5.41, 5.74) is -0.141. The van der Waals surface area contributed by atoms with Crippen molar-refractivity contribution < 1.29 is 5.11 Å². The number of unbranched alkanes of at least 4 members (excludes halogenated alkanes) is 2. The number of nitrogens with one attached hydrogen (secondary N) is 1. The Hall–Kier alpha value is -0.120. The Bertz CT molecular complexity index is 179. The molecule has 0 aliphatic heterocycles. The molecule has 2 N–H and O–H groups in total. The van der Waals surface area contributed by atoms with Crippen LogP contribution in [-0.4, -0.2) is 48.3 Å². The summed E-state index contributed by atoms with van der Waals surface area (Å²) in [7, 11) is 1.92. The van der Waals surface area contributed by atoms with Crippen molar-refractivity contribution >= 4 is 0 Å². The van der Waals surface area contributed by atoms with E-state index in [1.54, 1.807) is 0 Å². The summed E-state index contributed by atoms with van der Waals surface area (Å²) in [6.45, 7) is 11.3. The first-order valence-corrected chi connectivity index (χ1v) is 7.03. The molecule has 104 valence electrons. The van der Waals surface area contributed by atoms with Crippen molar-refractivity contribution in [2.75, 3.05) is 26.7 Å². The molecular weight excluding hydrogens is 212 g/mol. The van der Waals surface area contributed by atoms with Crippen LogP contribution in [0.5, 0.6) is 0 Å². The second kappa shape index (κ2) is 8.90. The summed E-state index contributed by atoms with van der Waals surface area (Å²) < 4.78 is 0. The quantitative estimate of drug-likeness (QED) is 0.579. The molecule has 0 spiro atoms. The number of hydrogen-bond acceptors (Lipinski definition) is 3. The minimum absolute atomic E-state index is 0.141. The number of rotatable bonds is 10. The lowest BCUT2D eigenvalue weighted by molar-refractivity contribution is 0.139. The lowest BCUT2D eigenvalue weighted by Crippen LogP contribution is -2.47. The SMILES string of the molecule is CCCCCN(CCC(C)(CO)NC)C(C)C. The van der Waals surface area contributed by atoms with Gasteiger partial charge in [0.05, 0.1) is 6.61 Å². The van der Waals surface area contributed by atoms with Crippen LogP contribution in [0.2, 0.25) is 0 Å². The summed E-state index contributed by atoms with van der Waals surface area (Å²) in [5.74, 6) is 0. The van der Waals surface area contributed by atoms with E-state index in [2.05, 4.69) is 37.9 Å². The first-order valence-electron chi connectivity index (χ1n) is 7.03. The van der Waals surface area contributed by atoms with E-state index in [4.69, 9.17) is 0 Å². The summed E-state index contributed by atoms with van der Waals surface area (Å²) in [5, 5.41) is 12.6. The van der Waals surface area contributed by atoms with E-state index in [9.17, 15) is 5.11 Å². The highest BCUT2D eigenvalue weighted by Crippen LogP contribution is 2.12. The summed E-state index contributed by atoms with van der Waals surface area (Å²) in [6.07, 6.45) is 4.86. The van der Waals surface area contributed by atoms with Gasteiger partial charge in [-0.1, -0.05) is 19.8 Å². The van der Waals surface area contributed by atoms with Gasteiger partial charge in [0.25, 0.3) is 0 Å². The van der Waals surface area contributed by atoms with Crippen molar-refractivity contribution in [1.29, 1.82) is 0 Å². The molecule has 0 radical (unpaired) electrons. The molecule has 0 aromatic carbocycles. The molecule has 1 unspecified atom stereocenters. The van der Waals surface area contributed by atoms with Gasteiger partial charge in [0.1, 0.15) is 0 Å². The maximum absolute atomic E-state index is 9.37. The second-order valence-corrected chi connectivity index (χ2v) is 5.56. The third-order valence-corrected chi connectivity index (χ3v) is 3.68. The maximum Gasteiger partial charge on any atom is 0.0610 e. The van der Waals surface area contributed by atoms with Gasteiger partial charge < -0.3 is 15.3 Å². The topological polar surface area (TPSA) is 35.5 Å². The zero-order chi connectivity index (χ0) is 13.3. The van der Waals surface area contributed by atoms with Gasteiger partial charge in [0.15, 0.2) is 0 Å². The molecule has 0 aliphatic rings. The normalized spacial score (nSPS) is 15.5. The van der Waals surface area contributed by atoms with Gasteiger partial charge in [0, 0.05) is 18.1 Å². The van der Waals surface area contributed by atoms with E-state index in [0.29, 0.717) is 6.04 Å². The molecule has 0 aromatic heterocycles. The Morgan fingerprint density at radius 1 is 1.24 bits per heavy atom. The molecule has 0 bridgehead atoms. The van der Waals surface area contributed by atoms with E-state index in [1.807, 2.05) is 7.05 Å². The van der Waals surface area contributed by atoms with E-state index in [1.165, 1.54) is 25.8 Å². The lowest BCUT2D eigenvalue weighted by atomic mass is 9.98. The molecule has 0 amide bonds. The van der Waals surface area contributed by atoms with Crippen molar-refractivity contribution in [3.05, 3.63) is 0 Å². The Morgan fingerprint density at radius 2 is 1.88 bits per heavy atom. The molecule has 0 saturated heterocycles. The minimum Gasteiger partial charge on any atom is -0.394 e. The van der Waals surface area contributed by atoms with Crippen LogP contribution in [0.4, 0.5) is 0 Å². The molecule has 0 rings (SSSR count). The molecule has 0 heterocycles. The standard InChI is InChI=1S/C14H32N2O/c1-6-7-8-10-16(13(2)3)11-9-14(4,12-17)15-5/h13,15,17H,6-12H2,1-5H3. The molecule has 0 aliphatic carbocycles. The Labute approximate surface area is 108 Å².